The average Bonchev–Trinajstić information content (AvgIpc) is 2.56. The van der Waals surface area contributed by atoms with Gasteiger partial charge in [-0.05, 0) is 56.8 Å². The molecule has 0 saturated carbocycles. The number of piperidine rings is 2. The summed E-state index contributed by atoms with van der Waals surface area (Å²) in [5, 5.41) is 11.0. The third kappa shape index (κ3) is 3.70. The smallest absolute Gasteiger partial charge is 0.0923 e. The predicted molar refractivity (Wildman–Crippen MR) is 91.0 cm³/mol. The molecule has 22 heavy (non-hydrogen) atoms. The summed E-state index contributed by atoms with van der Waals surface area (Å²) in [7, 11) is 0. The Morgan fingerprint density at radius 2 is 1.50 bits per heavy atom. The number of benzene rings is 1. The van der Waals surface area contributed by atoms with Gasteiger partial charge in [-0.15, -0.1) is 0 Å². The van der Waals surface area contributed by atoms with Gasteiger partial charge in [-0.1, -0.05) is 30.7 Å². The van der Waals surface area contributed by atoms with Crippen LogP contribution in [-0.2, 0) is 5.60 Å². The normalized spacial score (nSPS) is 23.5. The van der Waals surface area contributed by atoms with Crippen molar-refractivity contribution in [3.63, 3.8) is 0 Å². The second-order valence-electron chi connectivity index (χ2n) is 7.09. The summed E-state index contributed by atoms with van der Waals surface area (Å²) in [5.41, 5.74) is 1.73. The standard InChI is InChI=1S/C19H30N2O/c1-17-7-3-4-8-18(17)19(22)9-13-21(14-10-19)16-15-20-11-5-2-6-12-20/h3-4,7-8,22H,2,5-6,9-16H2,1H3. The Morgan fingerprint density at radius 3 is 2.14 bits per heavy atom. The minimum atomic E-state index is -0.618. The molecule has 3 nitrogen and oxygen atoms in total. The third-order valence-electron chi connectivity index (χ3n) is 5.51. The van der Waals surface area contributed by atoms with E-state index in [1.807, 2.05) is 6.07 Å². The Labute approximate surface area is 134 Å². The summed E-state index contributed by atoms with van der Waals surface area (Å²) in [6.45, 7) is 9.04. The highest BCUT2D eigenvalue weighted by Gasteiger charge is 2.34. The van der Waals surface area contributed by atoms with Crippen LogP contribution >= 0.6 is 0 Å². The maximum atomic E-state index is 11.0. The van der Waals surface area contributed by atoms with Gasteiger partial charge >= 0.3 is 0 Å². The van der Waals surface area contributed by atoms with Crippen molar-refractivity contribution in [1.29, 1.82) is 0 Å². The van der Waals surface area contributed by atoms with Crippen LogP contribution < -0.4 is 0 Å². The molecule has 1 aromatic rings. The molecule has 0 bridgehead atoms. The third-order valence-corrected chi connectivity index (χ3v) is 5.51. The first-order valence-corrected chi connectivity index (χ1v) is 8.91. The zero-order valence-corrected chi connectivity index (χ0v) is 13.9. The Kier molecular flexibility index (Phi) is 5.17. The van der Waals surface area contributed by atoms with Gasteiger partial charge < -0.3 is 14.9 Å². The molecule has 0 spiro atoms. The van der Waals surface area contributed by atoms with E-state index in [0.717, 1.165) is 38.0 Å². The predicted octanol–water partition coefficient (Wildman–Crippen LogP) is 2.76. The summed E-state index contributed by atoms with van der Waals surface area (Å²) in [4.78, 5) is 5.13. The number of aryl methyl sites for hydroxylation is 1. The fourth-order valence-corrected chi connectivity index (χ4v) is 3.98. The van der Waals surface area contributed by atoms with E-state index in [4.69, 9.17) is 0 Å². The number of hydrogen-bond acceptors (Lipinski definition) is 3. The largest absolute Gasteiger partial charge is 0.385 e. The van der Waals surface area contributed by atoms with Crippen LogP contribution in [0.5, 0.6) is 0 Å². The molecule has 3 heteroatoms. The van der Waals surface area contributed by atoms with E-state index >= 15 is 0 Å². The second kappa shape index (κ2) is 7.12. The van der Waals surface area contributed by atoms with Gasteiger partial charge in [0, 0.05) is 26.2 Å². The van der Waals surface area contributed by atoms with Gasteiger partial charge in [-0.25, -0.2) is 0 Å². The van der Waals surface area contributed by atoms with Gasteiger partial charge in [-0.2, -0.15) is 0 Å². The first-order chi connectivity index (χ1) is 10.7. The molecule has 2 heterocycles. The molecule has 2 aliphatic rings. The van der Waals surface area contributed by atoms with Gasteiger partial charge in [0.15, 0.2) is 0 Å². The molecular weight excluding hydrogens is 272 g/mol. The molecule has 0 atom stereocenters. The molecule has 0 aliphatic carbocycles. The maximum absolute atomic E-state index is 11.0. The van der Waals surface area contributed by atoms with Crippen molar-refractivity contribution < 1.29 is 5.11 Å². The lowest BCUT2D eigenvalue weighted by Crippen LogP contribution is -2.46. The number of likely N-dealkylation sites (tertiary alicyclic amines) is 2. The molecule has 122 valence electrons. The van der Waals surface area contributed by atoms with Crippen LogP contribution in [0, 0.1) is 6.92 Å². The van der Waals surface area contributed by atoms with Crippen LogP contribution in [-0.4, -0.2) is 54.2 Å². The van der Waals surface area contributed by atoms with E-state index in [9.17, 15) is 5.11 Å². The van der Waals surface area contributed by atoms with E-state index in [2.05, 4.69) is 34.9 Å². The number of nitrogens with zero attached hydrogens (tertiary/aromatic N) is 2. The monoisotopic (exact) mass is 302 g/mol. The lowest BCUT2D eigenvalue weighted by Gasteiger charge is -2.40. The Bertz CT molecular complexity index is 474. The molecule has 0 aromatic heterocycles. The Balaban J connectivity index is 1.50. The van der Waals surface area contributed by atoms with Crippen molar-refractivity contribution in [3.8, 4) is 0 Å². The molecule has 3 rings (SSSR count). The zero-order valence-electron chi connectivity index (χ0n) is 13.9. The highest BCUT2D eigenvalue weighted by atomic mass is 16.3. The van der Waals surface area contributed by atoms with Crippen LogP contribution in [0.1, 0.15) is 43.2 Å². The molecule has 1 aromatic carbocycles. The molecular formula is C19H30N2O. The summed E-state index contributed by atoms with van der Waals surface area (Å²) in [6.07, 6.45) is 5.86. The molecule has 0 radical (unpaired) electrons. The maximum Gasteiger partial charge on any atom is 0.0923 e. The van der Waals surface area contributed by atoms with Gasteiger partial charge in [0.05, 0.1) is 5.60 Å². The topological polar surface area (TPSA) is 26.7 Å². The van der Waals surface area contributed by atoms with Crippen molar-refractivity contribution in [2.45, 2.75) is 44.6 Å². The minimum Gasteiger partial charge on any atom is -0.385 e. The molecule has 2 aliphatic heterocycles. The Morgan fingerprint density at radius 1 is 0.909 bits per heavy atom. The Hall–Kier alpha value is -0.900. The number of aliphatic hydroxyl groups is 1. The van der Waals surface area contributed by atoms with Crippen molar-refractivity contribution in [2.24, 2.45) is 0 Å². The minimum absolute atomic E-state index is 0.618. The summed E-state index contributed by atoms with van der Waals surface area (Å²) in [5.74, 6) is 0. The first kappa shape index (κ1) is 16.0. The molecule has 0 unspecified atom stereocenters. The van der Waals surface area contributed by atoms with Crippen LogP contribution in [0.3, 0.4) is 0 Å². The van der Waals surface area contributed by atoms with E-state index in [0.29, 0.717) is 0 Å². The molecule has 2 fully saturated rings. The molecule has 0 amide bonds. The molecule has 2 saturated heterocycles. The molecule has 1 N–H and O–H groups in total. The lowest BCUT2D eigenvalue weighted by atomic mass is 9.82. The van der Waals surface area contributed by atoms with E-state index in [1.54, 1.807) is 0 Å². The van der Waals surface area contributed by atoms with Crippen LogP contribution in [0.4, 0.5) is 0 Å². The van der Waals surface area contributed by atoms with Crippen molar-refractivity contribution >= 4 is 0 Å². The van der Waals surface area contributed by atoms with Gasteiger partial charge in [0.25, 0.3) is 0 Å². The lowest BCUT2D eigenvalue weighted by molar-refractivity contribution is -0.0279. The highest BCUT2D eigenvalue weighted by molar-refractivity contribution is 5.31. The quantitative estimate of drug-likeness (QED) is 0.926. The summed E-state index contributed by atoms with van der Waals surface area (Å²) in [6, 6.07) is 8.30. The zero-order chi connectivity index (χ0) is 15.4. The van der Waals surface area contributed by atoms with Gasteiger partial charge in [-0.3, -0.25) is 0 Å². The summed E-state index contributed by atoms with van der Waals surface area (Å²) >= 11 is 0. The number of hydrogen-bond donors (Lipinski definition) is 1. The van der Waals surface area contributed by atoms with Gasteiger partial charge in [0.2, 0.25) is 0 Å². The average molecular weight is 302 g/mol. The fraction of sp³-hybridized carbons (Fsp3) is 0.684. The van der Waals surface area contributed by atoms with Crippen LogP contribution in [0.25, 0.3) is 0 Å². The SMILES string of the molecule is Cc1ccccc1C1(O)CCN(CCN2CCCCC2)CC1. The van der Waals surface area contributed by atoms with Gasteiger partial charge in [0.1, 0.15) is 0 Å². The first-order valence-electron chi connectivity index (χ1n) is 8.91. The van der Waals surface area contributed by atoms with E-state index < -0.39 is 5.60 Å². The second-order valence-corrected chi connectivity index (χ2v) is 7.09. The highest BCUT2D eigenvalue weighted by Crippen LogP contribution is 2.34. The summed E-state index contributed by atoms with van der Waals surface area (Å²) < 4.78 is 0. The van der Waals surface area contributed by atoms with Crippen molar-refractivity contribution in [3.05, 3.63) is 35.4 Å². The van der Waals surface area contributed by atoms with Crippen molar-refractivity contribution in [2.75, 3.05) is 39.3 Å². The fourth-order valence-electron chi connectivity index (χ4n) is 3.98. The number of rotatable bonds is 4. The van der Waals surface area contributed by atoms with Crippen LogP contribution in [0.15, 0.2) is 24.3 Å². The van der Waals surface area contributed by atoms with Crippen LogP contribution in [0.2, 0.25) is 0 Å². The van der Waals surface area contributed by atoms with E-state index in [1.165, 1.54) is 44.5 Å². The van der Waals surface area contributed by atoms with E-state index in [-0.39, 0.29) is 0 Å². The van der Waals surface area contributed by atoms with Crippen molar-refractivity contribution in [1.82, 2.24) is 9.80 Å².